The minimum atomic E-state index is 0.186. The molecule has 19 heavy (non-hydrogen) atoms. The summed E-state index contributed by atoms with van der Waals surface area (Å²) >= 11 is 0. The summed E-state index contributed by atoms with van der Waals surface area (Å²) in [5.74, 6) is 0.556. The molecule has 0 bridgehead atoms. The average molecular weight is 248 g/mol. The van der Waals surface area contributed by atoms with Crippen molar-refractivity contribution in [2.45, 2.75) is 12.8 Å². The molecule has 0 radical (unpaired) electrons. The zero-order chi connectivity index (χ0) is 13.2. The zero-order valence-electron chi connectivity index (χ0n) is 10.9. The van der Waals surface area contributed by atoms with Crippen LogP contribution in [0.4, 0.5) is 0 Å². The number of rotatable bonds is 2. The van der Waals surface area contributed by atoms with Crippen LogP contribution in [0.2, 0.25) is 0 Å². The van der Waals surface area contributed by atoms with Crippen LogP contribution in [0.15, 0.2) is 66.7 Å². The van der Waals surface area contributed by atoms with Gasteiger partial charge in [0.1, 0.15) is 5.75 Å². The maximum absolute atomic E-state index is 10.2. The number of phenols is 1. The molecule has 1 atom stereocenters. The minimum absolute atomic E-state index is 0.186. The highest BCUT2D eigenvalue weighted by atomic mass is 16.3. The SMILES string of the molecule is CC(c1ccccc1)c1cc2ccccc2cc1O. The molecule has 0 fully saturated rings. The summed E-state index contributed by atoms with van der Waals surface area (Å²) in [6.07, 6.45) is 0. The smallest absolute Gasteiger partial charge is 0.120 e. The maximum atomic E-state index is 10.2. The minimum Gasteiger partial charge on any atom is -0.508 e. The molecule has 0 aliphatic heterocycles. The van der Waals surface area contributed by atoms with E-state index in [-0.39, 0.29) is 5.92 Å². The Morgan fingerprint density at radius 3 is 2.05 bits per heavy atom. The summed E-state index contributed by atoms with van der Waals surface area (Å²) in [6, 6.07) is 22.3. The van der Waals surface area contributed by atoms with Gasteiger partial charge < -0.3 is 5.11 Å². The first kappa shape index (κ1) is 11.8. The Morgan fingerprint density at radius 1 is 0.789 bits per heavy atom. The molecular weight excluding hydrogens is 232 g/mol. The Morgan fingerprint density at radius 2 is 1.37 bits per heavy atom. The van der Waals surface area contributed by atoms with Crippen molar-refractivity contribution in [1.29, 1.82) is 0 Å². The third-order valence-corrected chi connectivity index (χ3v) is 3.66. The van der Waals surface area contributed by atoms with Crippen LogP contribution in [0.25, 0.3) is 10.8 Å². The van der Waals surface area contributed by atoms with Crippen molar-refractivity contribution in [3.63, 3.8) is 0 Å². The summed E-state index contributed by atoms with van der Waals surface area (Å²) in [5, 5.41) is 12.5. The molecule has 0 spiro atoms. The molecule has 0 heterocycles. The molecule has 3 rings (SSSR count). The van der Waals surface area contributed by atoms with Crippen molar-refractivity contribution in [2.75, 3.05) is 0 Å². The average Bonchev–Trinajstić information content (AvgIpc) is 2.47. The lowest BCUT2D eigenvalue weighted by Crippen LogP contribution is -1.96. The Bertz CT molecular complexity index is 701. The molecule has 1 nitrogen and oxygen atoms in total. The van der Waals surface area contributed by atoms with E-state index >= 15 is 0 Å². The quantitative estimate of drug-likeness (QED) is 0.697. The first-order chi connectivity index (χ1) is 9.25. The highest BCUT2D eigenvalue weighted by molar-refractivity contribution is 5.85. The molecule has 1 heteroatoms. The van der Waals surface area contributed by atoms with Crippen molar-refractivity contribution in [2.24, 2.45) is 0 Å². The lowest BCUT2D eigenvalue weighted by atomic mass is 9.91. The van der Waals surface area contributed by atoms with Crippen LogP contribution in [-0.2, 0) is 0 Å². The highest BCUT2D eigenvalue weighted by Crippen LogP contribution is 2.34. The molecule has 0 amide bonds. The number of fused-ring (bicyclic) bond motifs is 1. The molecule has 0 saturated carbocycles. The lowest BCUT2D eigenvalue weighted by molar-refractivity contribution is 0.467. The van der Waals surface area contributed by atoms with Gasteiger partial charge in [0.25, 0.3) is 0 Å². The van der Waals surface area contributed by atoms with E-state index in [9.17, 15) is 5.11 Å². The summed E-state index contributed by atoms with van der Waals surface area (Å²) in [7, 11) is 0. The Balaban J connectivity index is 2.12. The number of hydrogen-bond acceptors (Lipinski definition) is 1. The van der Waals surface area contributed by atoms with E-state index in [1.54, 1.807) is 0 Å². The van der Waals surface area contributed by atoms with E-state index in [0.717, 1.165) is 16.3 Å². The van der Waals surface area contributed by atoms with Gasteiger partial charge >= 0.3 is 0 Å². The number of benzene rings is 3. The van der Waals surface area contributed by atoms with Gasteiger partial charge in [-0.25, -0.2) is 0 Å². The molecule has 94 valence electrons. The first-order valence-corrected chi connectivity index (χ1v) is 6.52. The fourth-order valence-electron chi connectivity index (χ4n) is 2.51. The Labute approximate surface area is 113 Å². The number of phenolic OH excluding ortho intramolecular Hbond substituents is 1. The summed E-state index contributed by atoms with van der Waals surface area (Å²) in [6.45, 7) is 2.12. The van der Waals surface area contributed by atoms with E-state index in [4.69, 9.17) is 0 Å². The third kappa shape index (κ3) is 2.19. The van der Waals surface area contributed by atoms with E-state index in [2.05, 4.69) is 31.2 Å². The maximum Gasteiger partial charge on any atom is 0.120 e. The molecular formula is C18H16O. The zero-order valence-corrected chi connectivity index (χ0v) is 10.9. The molecule has 0 aromatic heterocycles. The van der Waals surface area contributed by atoms with Gasteiger partial charge in [-0.2, -0.15) is 0 Å². The van der Waals surface area contributed by atoms with Crippen molar-refractivity contribution in [3.8, 4) is 5.75 Å². The lowest BCUT2D eigenvalue weighted by Gasteiger charge is -2.15. The van der Waals surface area contributed by atoms with Crippen LogP contribution in [0.1, 0.15) is 24.0 Å². The van der Waals surface area contributed by atoms with Crippen molar-refractivity contribution in [3.05, 3.63) is 77.9 Å². The fraction of sp³-hybridized carbons (Fsp3) is 0.111. The molecule has 3 aromatic carbocycles. The summed E-state index contributed by atoms with van der Waals surface area (Å²) in [5.41, 5.74) is 2.19. The normalized spacial score (nSPS) is 12.5. The topological polar surface area (TPSA) is 20.2 Å². The predicted octanol–water partition coefficient (Wildman–Crippen LogP) is 4.70. The molecule has 0 aliphatic rings. The molecule has 0 saturated heterocycles. The van der Waals surface area contributed by atoms with Crippen LogP contribution >= 0.6 is 0 Å². The first-order valence-electron chi connectivity index (χ1n) is 6.52. The molecule has 0 aliphatic carbocycles. The van der Waals surface area contributed by atoms with Crippen LogP contribution < -0.4 is 0 Å². The fourth-order valence-corrected chi connectivity index (χ4v) is 2.51. The molecule has 3 aromatic rings. The van der Waals surface area contributed by atoms with Gasteiger partial charge in [0, 0.05) is 11.5 Å². The van der Waals surface area contributed by atoms with Crippen LogP contribution in [0.3, 0.4) is 0 Å². The van der Waals surface area contributed by atoms with Crippen LogP contribution in [0, 0.1) is 0 Å². The highest BCUT2D eigenvalue weighted by Gasteiger charge is 2.13. The number of aromatic hydroxyl groups is 1. The van der Waals surface area contributed by atoms with Crippen LogP contribution in [0.5, 0.6) is 5.75 Å². The van der Waals surface area contributed by atoms with Gasteiger partial charge in [0.2, 0.25) is 0 Å². The summed E-state index contributed by atoms with van der Waals surface area (Å²) in [4.78, 5) is 0. The van der Waals surface area contributed by atoms with E-state index in [0.29, 0.717) is 5.75 Å². The largest absolute Gasteiger partial charge is 0.508 e. The third-order valence-electron chi connectivity index (χ3n) is 3.66. The van der Waals surface area contributed by atoms with Gasteiger partial charge in [-0.05, 0) is 28.5 Å². The van der Waals surface area contributed by atoms with Gasteiger partial charge in [-0.3, -0.25) is 0 Å². The summed E-state index contributed by atoms with van der Waals surface area (Å²) < 4.78 is 0. The van der Waals surface area contributed by atoms with Gasteiger partial charge in [-0.15, -0.1) is 0 Å². The van der Waals surface area contributed by atoms with Crippen LogP contribution in [-0.4, -0.2) is 5.11 Å². The van der Waals surface area contributed by atoms with E-state index in [1.165, 1.54) is 5.56 Å². The second kappa shape index (κ2) is 4.77. The van der Waals surface area contributed by atoms with Crippen molar-refractivity contribution in [1.82, 2.24) is 0 Å². The predicted molar refractivity (Wildman–Crippen MR) is 79.6 cm³/mol. The molecule has 1 unspecified atom stereocenters. The van der Waals surface area contributed by atoms with E-state index < -0.39 is 0 Å². The van der Waals surface area contributed by atoms with Gasteiger partial charge in [0.05, 0.1) is 0 Å². The van der Waals surface area contributed by atoms with Crippen molar-refractivity contribution >= 4 is 10.8 Å². The van der Waals surface area contributed by atoms with Crippen molar-refractivity contribution < 1.29 is 5.11 Å². The molecule has 1 N–H and O–H groups in total. The monoisotopic (exact) mass is 248 g/mol. The second-order valence-electron chi connectivity index (χ2n) is 4.89. The second-order valence-corrected chi connectivity index (χ2v) is 4.89. The van der Waals surface area contributed by atoms with Gasteiger partial charge in [0.15, 0.2) is 0 Å². The Kier molecular flexibility index (Phi) is 2.96. The standard InChI is InChI=1S/C18H16O/c1-13(14-7-3-2-4-8-14)17-11-15-9-5-6-10-16(15)12-18(17)19/h2-13,19H,1H3. The number of hydrogen-bond donors (Lipinski definition) is 1. The van der Waals surface area contributed by atoms with Gasteiger partial charge in [-0.1, -0.05) is 61.5 Å². The Hall–Kier alpha value is -2.28. The van der Waals surface area contributed by atoms with E-state index in [1.807, 2.05) is 42.5 Å².